The minimum absolute atomic E-state index is 0.206. The second-order valence-corrected chi connectivity index (χ2v) is 4.60. The highest BCUT2D eigenvalue weighted by atomic mass is 35.5. The highest BCUT2D eigenvalue weighted by Crippen LogP contribution is 2.26. The quantitative estimate of drug-likeness (QED) is 0.811. The van der Waals surface area contributed by atoms with E-state index in [0.29, 0.717) is 17.4 Å². The first kappa shape index (κ1) is 10.8. The van der Waals surface area contributed by atoms with Gasteiger partial charge in [-0.05, 0) is 12.8 Å². The van der Waals surface area contributed by atoms with Crippen LogP contribution in [0.1, 0.15) is 25.7 Å². The predicted octanol–water partition coefficient (Wildman–Crippen LogP) is 1.67. The summed E-state index contributed by atoms with van der Waals surface area (Å²) in [6.45, 7) is 0.706. The van der Waals surface area contributed by atoms with Gasteiger partial charge < -0.3 is 10.8 Å². The number of anilines is 1. The molecule has 4 nitrogen and oxygen atoms in total. The fourth-order valence-electron chi connectivity index (χ4n) is 2.15. The Labute approximate surface area is 94.0 Å². The zero-order chi connectivity index (χ0) is 10.8. The molecule has 15 heavy (non-hydrogen) atoms. The summed E-state index contributed by atoms with van der Waals surface area (Å²) in [4.78, 5) is 0. The molecule has 2 rings (SSSR count). The summed E-state index contributed by atoms with van der Waals surface area (Å²) in [7, 11) is 0. The summed E-state index contributed by atoms with van der Waals surface area (Å²) in [5, 5.41) is 14.4. The van der Waals surface area contributed by atoms with Gasteiger partial charge in [-0.25, -0.2) is 0 Å². The van der Waals surface area contributed by atoms with Crippen LogP contribution in [-0.2, 0) is 6.54 Å². The number of nitrogens with zero attached hydrogens (tertiary/aromatic N) is 2. The van der Waals surface area contributed by atoms with Crippen molar-refractivity contribution in [2.75, 3.05) is 5.73 Å². The topological polar surface area (TPSA) is 64.1 Å². The van der Waals surface area contributed by atoms with E-state index in [0.717, 1.165) is 19.3 Å². The SMILES string of the molecule is Nc1nn(CC2CCCCC2O)cc1Cl. The van der Waals surface area contributed by atoms with Crippen molar-refractivity contribution in [1.82, 2.24) is 9.78 Å². The molecule has 0 aromatic carbocycles. The molecule has 0 aliphatic heterocycles. The van der Waals surface area contributed by atoms with E-state index >= 15 is 0 Å². The zero-order valence-corrected chi connectivity index (χ0v) is 9.32. The van der Waals surface area contributed by atoms with Crippen LogP contribution in [0.4, 0.5) is 5.82 Å². The third-order valence-corrected chi connectivity index (χ3v) is 3.32. The van der Waals surface area contributed by atoms with E-state index in [1.165, 1.54) is 6.42 Å². The lowest BCUT2D eigenvalue weighted by Crippen LogP contribution is -2.28. The summed E-state index contributed by atoms with van der Waals surface area (Å²) >= 11 is 5.81. The molecule has 1 aliphatic rings. The van der Waals surface area contributed by atoms with Crippen molar-refractivity contribution >= 4 is 17.4 Å². The average molecular weight is 230 g/mol. The Hall–Kier alpha value is -0.740. The Bertz CT molecular complexity index is 320. The van der Waals surface area contributed by atoms with Crippen molar-refractivity contribution < 1.29 is 5.11 Å². The van der Waals surface area contributed by atoms with E-state index in [1.54, 1.807) is 10.9 Å². The van der Waals surface area contributed by atoms with Crippen molar-refractivity contribution in [1.29, 1.82) is 0 Å². The van der Waals surface area contributed by atoms with Crippen LogP contribution in [0.15, 0.2) is 6.20 Å². The summed E-state index contributed by atoms with van der Waals surface area (Å²) in [6, 6.07) is 0. The van der Waals surface area contributed by atoms with E-state index in [4.69, 9.17) is 17.3 Å². The number of aromatic nitrogens is 2. The minimum Gasteiger partial charge on any atom is -0.393 e. The van der Waals surface area contributed by atoms with Crippen LogP contribution in [0.2, 0.25) is 5.02 Å². The minimum atomic E-state index is -0.206. The fourth-order valence-corrected chi connectivity index (χ4v) is 2.30. The molecule has 1 aromatic rings. The zero-order valence-electron chi connectivity index (χ0n) is 8.56. The van der Waals surface area contributed by atoms with Gasteiger partial charge in [0, 0.05) is 18.7 Å². The lowest BCUT2D eigenvalue weighted by atomic mass is 9.86. The largest absolute Gasteiger partial charge is 0.393 e. The molecule has 0 bridgehead atoms. The number of aliphatic hydroxyl groups excluding tert-OH is 1. The van der Waals surface area contributed by atoms with Gasteiger partial charge in [-0.1, -0.05) is 24.4 Å². The van der Waals surface area contributed by atoms with Crippen LogP contribution >= 0.6 is 11.6 Å². The van der Waals surface area contributed by atoms with Gasteiger partial charge >= 0.3 is 0 Å². The molecule has 84 valence electrons. The molecule has 2 atom stereocenters. The van der Waals surface area contributed by atoms with Gasteiger partial charge in [0.1, 0.15) is 5.02 Å². The van der Waals surface area contributed by atoms with Gasteiger partial charge in [0.2, 0.25) is 0 Å². The number of aliphatic hydroxyl groups is 1. The van der Waals surface area contributed by atoms with Gasteiger partial charge in [0.15, 0.2) is 5.82 Å². The number of hydrogen-bond donors (Lipinski definition) is 2. The molecule has 1 saturated carbocycles. The Morgan fingerprint density at radius 2 is 2.27 bits per heavy atom. The number of nitrogens with two attached hydrogens (primary N) is 1. The molecule has 3 N–H and O–H groups in total. The second kappa shape index (κ2) is 4.41. The third-order valence-electron chi connectivity index (χ3n) is 3.03. The standard InChI is InChI=1S/C10H16ClN3O/c11-8-6-14(13-10(8)12)5-7-3-1-2-4-9(7)15/h6-7,9,15H,1-5H2,(H2,12,13). The maximum Gasteiger partial charge on any atom is 0.164 e. The summed E-state index contributed by atoms with van der Waals surface area (Å²) in [5.41, 5.74) is 5.55. The van der Waals surface area contributed by atoms with E-state index in [1.807, 2.05) is 0 Å². The smallest absolute Gasteiger partial charge is 0.164 e. The normalized spacial score (nSPS) is 26.8. The monoisotopic (exact) mass is 229 g/mol. The van der Waals surface area contributed by atoms with Crippen molar-refractivity contribution in [3.63, 3.8) is 0 Å². The third kappa shape index (κ3) is 2.44. The van der Waals surface area contributed by atoms with Crippen molar-refractivity contribution in [2.24, 2.45) is 5.92 Å². The molecule has 0 spiro atoms. The first-order valence-corrected chi connectivity index (χ1v) is 5.71. The van der Waals surface area contributed by atoms with Crippen molar-refractivity contribution in [3.8, 4) is 0 Å². The Balaban J connectivity index is 2.01. The second-order valence-electron chi connectivity index (χ2n) is 4.20. The first-order valence-electron chi connectivity index (χ1n) is 5.33. The molecule has 1 aliphatic carbocycles. The lowest BCUT2D eigenvalue weighted by molar-refractivity contribution is 0.0587. The molecule has 0 amide bonds. The fraction of sp³-hybridized carbons (Fsp3) is 0.700. The van der Waals surface area contributed by atoms with Crippen LogP contribution < -0.4 is 5.73 Å². The highest BCUT2D eigenvalue weighted by Gasteiger charge is 2.23. The molecule has 2 unspecified atom stereocenters. The van der Waals surface area contributed by atoms with Crippen LogP contribution in [0.3, 0.4) is 0 Å². The maximum atomic E-state index is 9.80. The van der Waals surface area contributed by atoms with Crippen molar-refractivity contribution in [2.45, 2.75) is 38.3 Å². The van der Waals surface area contributed by atoms with Gasteiger partial charge in [0.25, 0.3) is 0 Å². The number of halogens is 1. The molecule has 0 radical (unpaired) electrons. The van der Waals surface area contributed by atoms with Crippen LogP contribution in [0, 0.1) is 5.92 Å². The molecule has 1 aromatic heterocycles. The Morgan fingerprint density at radius 1 is 1.53 bits per heavy atom. The molecule has 1 heterocycles. The first-order chi connectivity index (χ1) is 7.16. The number of rotatable bonds is 2. The summed E-state index contributed by atoms with van der Waals surface area (Å²) in [6.07, 6.45) is 5.78. The van der Waals surface area contributed by atoms with Gasteiger partial charge in [0.05, 0.1) is 6.10 Å². The van der Waals surface area contributed by atoms with Gasteiger partial charge in [-0.3, -0.25) is 4.68 Å². The van der Waals surface area contributed by atoms with Gasteiger partial charge in [-0.15, -0.1) is 0 Å². The number of hydrogen-bond acceptors (Lipinski definition) is 3. The summed E-state index contributed by atoms with van der Waals surface area (Å²) in [5.74, 6) is 0.649. The van der Waals surface area contributed by atoms with Crippen LogP contribution in [0.25, 0.3) is 0 Å². The van der Waals surface area contributed by atoms with Gasteiger partial charge in [-0.2, -0.15) is 5.10 Å². The molecule has 5 heteroatoms. The highest BCUT2D eigenvalue weighted by molar-refractivity contribution is 6.32. The Kier molecular flexibility index (Phi) is 3.17. The molecule has 0 saturated heterocycles. The Morgan fingerprint density at radius 3 is 2.87 bits per heavy atom. The lowest BCUT2D eigenvalue weighted by Gasteiger charge is -2.27. The predicted molar refractivity (Wildman–Crippen MR) is 59.6 cm³/mol. The molecular formula is C10H16ClN3O. The number of nitrogen functional groups attached to an aromatic ring is 1. The van der Waals surface area contributed by atoms with E-state index in [9.17, 15) is 5.11 Å². The van der Waals surface area contributed by atoms with E-state index < -0.39 is 0 Å². The van der Waals surface area contributed by atoms with Crippen molar-refractivity contribution in [3.05, 3.63) is 11.2 Å². The van der Waals surface area contributed by atoms with Crippen LogP contribution in [-0.4, -0.2) is 21.0 Å². The average Bonchev–Trinajstić information content (AvgIpc) is 2.50. The maximum absolute atomic E-state index is 9.80. The van der Waals surface area contributed by atoms with Crippen LogP contribution in [0.5, 0.6) is 0 Å². The van der Waals surface area contributed by atoms with E-state index in [2.05, 4.69) is 5.10 Å². The summed E-state index contributed by atoms with van der Waals surface area (Å²) < 4.78 is 1.73. The van der Waals surface area contributed by atoms with E-state index in [-0.39, 0.29) is 12.0 Å². The molecular weight excluding hydrogens is 214 g/mol. The molecule has 1 fully saturated rings.